The zero-order valence-electron chi connectivity index (χ0n) is 14.6. The van der Waals surface area contributed by atoms with E-state index in [1.54, 1.807) is 20.1 Å². The lowest BCUT2D eigenvalue weighted by atomic mass is 10.2. The first kappa shape index (κ1) is 18.9. The highest BCUT2D eigenvalue weighted by atomic mass is 35.5. The van der Waals surface area contributed by atoms with E-state index in [1.807, 2.05) is 12.1 Å². The van der Waals surface area contributed by atoms with Crippen molar-refractivity contribution in [2.24, 2.45) is 0 Å². The third-order valence-electron chi connectivity index (χ3n) is 4.51. The highest BCUT2D eigenvalue weighted by Crippen LogP contribution is 2.30. The van der Waals surface area contributed by atoms with Crippen LogP contribution in [0.15, 0.2) is 41.3 Å². The summed E-state index contributed by atoms with van der Waals surface area (Å²) in [6.45, 7) is 3.34. The highest BCUT2D eigenvalue weighted by molar-refractivity contribution is 7.89. The summed E-state index contributed by atoms with van der Waals surface area (Å²) in [4.78, 5) is 2.20. The molecule has 5 nitrogen and oxygen atoms in total. The van der Waals surface area contributed by atoms with Crippen molar-refractivity contribution in [3.8, 4) is 5.75 Å². The Labute approximate surface area is 158 Å². The van der Waals surface area contributed by atoms with Crippen LogP contribution in [-0.4, -0.2) is 46.0 Å². The smallest absolute Gasteiger partial charge is 0.243 e. The molecule has 0 atom stereocenters. The van der Waals surface area contributed by atoms with Crippen LogP contribution in [0.25, 0.3) is 0 Å². The van der Waals surface area contributed by atoms with Crippen molar-refractivity contribution in [2.75, 3.05) is 38.2 Å². The molecule has 26 heavy (non-hydrogen) atoms. The number of aryl methyl sites for hydroxylation is 1. The fraction of sp³-hybridized carbons (Fsp3) is 0.333. The molecule has 2 aromatic rings. The zero-order chi connectivity index (χ0) is 18.9. The summed E-state index contributed by atoms with van der Waals surface area (Å²) >= 11 is 6.17. The molecule has 1 fully saturated rings. The normalized spacial score (nSPS) is 15.9. The second-order valence-electron chi connectivity index (χ2n) is 6.12. The van der Waals surface area contributed by atoms with Crippen LogP contribution in [0.4, 0.5) is 10.1 Å². The maximum Gasteiger partial charge on any atom is 0.243 e. The van der Waals surface area contributed by atoms with Crippen molar-refractivity contribution in [1.29, 1.82) is 0 Å². The van der Waals surface area contributed by atoms with E-state index in [9.17, 15) is 12.8 Å². The van der Waals surface area contributed by atoms with Gasteiger partial charge >= 0.3 is 0 Å². The van der Waals surface area contributed by atoms with Crippen molar-refractivity contribution in [1.82, 2.24) is 4.31 Å². The molecule has 1 aliphatic heterocycles. The zero-order valence-corrected chi connectivity index (χ0v) is 16.1. The van der Waals surface area contributed by atoms with E-state index in [1.165, 1.54) is 22.5 Å². The molecule has 2 aromatic carbocycles. The second-order valence-corrected chi connectivity index (χ2v) is 8.47. The number of sulfonamides is 1. The van der Waals surface area contributed by atoms with Crippen LogP contribution in [-0.2, 0) is 10.0 Å². The lowest BCUT2D eigenvalue weighted by Crippen LogP contribution is -2.48. The predicted molar refractivity (Wildman–Crippen MR) is 100 cm³/mol. The average Bonchev–Trinajstić information content (AvgIpc) is 2.64. The number of ether oxygens (including phenoxy) is 1. The number of nitrogens with zero attached hydrogens (tertiary/aromatic N) is 2. The number of piperazine rings is 1. The van der Waals surface area contributed by atoms with Crippen LogP contribution < -0.4 is 9.64 Å². The molecule has 0 radical (unpaired) electrons. The Morgan fingerprint density at radius 1 is 1.08 bits per heavy atom. The highest BCUT2D eigenvalue weighted by Gasteiger charge is 2.29. The van der Waals surface area contributed by atoms with Crippen molar-refractivity contribution < 1.29 is 17.5 Å². The standard InChI is InChI=1S/C18H20ClFN2O3S/c1-13-11-15(4-5-17(13)20)26(23,24)22-9-7-21(8-10-22)14-3-6-18(25-2)16(19)12-14/h3-6,11-12H,7-10H2,1-2H3. The van der Waals surface area contributed by atoms with Gasteiger partial charge in [-0.2, -0.15) is 4.31 Å². The topological polar surface area (TPSA) is 49.9 Å². The number of rotatable bonds is 4. The molecule has 0 amide bonds. The van der Waals surface area contributed by atoms with Crippen LogP contribution in [0, 0.1) is 12.7 Å². The van der Waals surface area contributed by atoms with Crippen molar-refractivity contribution in [3.63, 3.8) is 0 Å². The number of benzene rings is 2. The largest absolute Gasteiger partial charge is 0.495 e. The van der Waals surface area contributed by atoms with Crippen LogP contribution in [0.1, 0.15) is 5.56 Å². The van der Waals surface area contributed by atoms with Crippen LogP contribution in [0.2, 0.25) is 5.02 Å². The van der Waals surface area contributed by atoms with Gasteiger partial charge in [0.2, 0.25) is 10.0 Å². The molecular formula is C18H20ClFN2O3S. The quantitative estimate of drug-likeness (QED) is 0.792. The van der Waals surface area contributed by atoms with Gasteiger partial charge in [-0.15, -0.1) is 0 Å². The Kier molecular flexibility index (Phi) is 5.41. The third kappa shape index (κ3) is 3.65. The van der Waals surface area contributed by atoms with E-state index in [2.05, 4.69) is 4.90 Å². The number of hydrogen-bond donors (Lipinski definition) is 0. The van der Waals surface area contributed by atoms with Gasteiger partial charge in [-0.05, 0) is 48.9 Å². The van der Waals surface area contributed by atoms with Crippen LogP contribution in [0.3, 0.4) is 0 Å². The molecule has 140 valence electrons. The van der Waals surface area contributed by atoms with E-state index >= 15 is 0 Å². The number of anilines is 1. The average molecular weight is 399 g/mol. The van der Waals surface area contributed by atoms with E-state index in [4.69, 9.17) is 16.3 Å². The monoisotopic (exact) mass is 398 g/mol. The first-order valence-corrected chi connectivity index (χ1v) is 9.99. The van der Waals surface area contributed by atoms with Crippen molar-refractivity contribution in [2.45, 2.75) is 11.8 Å². The molecule has 0 saturated carbocycles. The molecule has 1 heterocycles. The summed E-state index contributed by atoms with van der Waals surface area (Å²) in [6, 6.07) is 9.39. The minimum absolute atomic E-state index is 0.123. The summed E-state index contributed by atoms with van der Waals surface area (Å²) in [5.41, 5.74) is 1.24. The van der Waals surface area contributed by atoms with Crippen LogP contribution >= 0.6 is 11.6 Å². The van der Waals surface area contributed by atoms with Crippen LogP contribution in [0.5, 0.6) is 5.75 Å². The molecule has 0 bridgehead atoms. The Hall–Kier alpha value is -1.83. The molecule has 0 aromatic heterocycles. The lowest BCUT2D eigenvalue weighted by molar-refractivity contribution is 0.384. The molecular weight excluding hydrogens is 379 g/mol. The van der Waals surface area contributed by atoms with E-state index in [-0.39, 0.29) is 4.90 Å². The summed E-state index contributed by atoms with van der Waals surface area (Å²) in [5, 5.41) is 0.516. The van der Waals surface area contributed by atoms with Gasteiger partial charge in [0.1, 0.15) is 11.6 Å². The van der Waals surface area contributed by atoms with Gasteiger partial charge in [-0.3, -0.25) is 0 Å². The maximum absolute atomic E-state index is 13.4. The van der Waals surface area contributed by atoms with Crippen molar-refractivity contribution in [3.05, 3.63) is 52.8 Å². The second kappa shape index (κ2) is 7.42. The minimum Gasteiger partial charge on any atom is -0.495 e. The molecule has 0 spiro atoms. The summed E-state index contributed by atoms with van der Waals surface area (Å²) in [6.07, 6.45) is 0. The fourth-order valence-electron chi connectivity index (χ4n) is 2.97. The fourth-order valence-corrected chi connectivity index (χ4v) is 4.73. The third-order valence-corrected chi connectivity index (χ3v) is 6.70. The Balaban J connectivity index is 1.73. The lowest BCUT2D eigenvalue weighted by Gasteiger charge is -2.35. The van der Waals surface area contributed by atoms with Crippen molar-refractivity contribution >= 4 is 27.3 Å². The first-order valence-electron chi connectivity index (χ1n) is 8.17. The van der Waals surface area contributed by atoms with Gasteiger partial charge in [0, 0.05) is 31.9 Å². The molecule has 3 rings (SSSR count). The summed E-state index contributed by atoms with van der Waals surface area (Å²) < 4.78 is 45.6. The predicted octanol–water partition coefficient (Wildman–Crippen LogP) is 3.31. The van der Waals surface area contributed by atoms with Gasteiger partial charge in [0.25, 0.3) is 0 Å². The number of hydrogen-bond acceptors (Lipinski definition) is 4. The van der Waals surface area contributed by atoms with Gasteiger partial charge in [0.05, 0.1) is 17.0 Å². The van der Waals surface area contributed by atoms with Gasteiger partial charge < -0.3 is 9.64 Å². The summed E-state index contributed by atoms with van der Waals surface area (Å²) in [5.74, 6) is 0.188. The van der Waals surface area contributed by atoms with Gasteiger partial charge in [-0.25, -0.2) is 12.8 Å². The first-order chi connectivity index (χ1) is 12.3. The molecule has 8 heteroatoms. The number of methoxy groups -OCH3 is 1. The SMILES string of the molecule is COc1ccc(N2CCN(S(=O)(=O)c3ccc(F)c(C)c3)CC2)cc1Cl. The van der Waals surface area contributed by atoms with Gasteiger partial charge in [0.15, 0.2) is 0 Å². The molecule has 0 N–H and O–H groups in total. The van der Waals surface area contributed by atoms with E-state index < -0.39 is 15.8 Å². The summed E-state index contributed by atoms with van der Waals surface area (Å²) in [7, 11) is -2.07. The Bertz CT molecular complexity index is 913. The molecule has 0 aliphatic carbocycles. The van der Waals surface area contributed by atoms with E-state index in [0.717, 1.165) is 5.69 Å². The molecule has 1 saturated heterocycles. The Morgan fingerprint density at radius 2 is 1.77 bits per heavy atom. The van der Waals surface area contributed by atoms with Gasteiger partial charge in [-0.1, -0.05) is 11.6 Å². The number of halogens is 2. The molecule has 0 unspecified atom stereocenters. The molecule has 1 aliphatic rings. The Morgan fingerprint density at radius 3 is 2.35 bits per heavy atom. The maximum atomic E-state index is 13.4. The van der Waals surface area contributed by atoms with E-state index in [0.29, 0.717) is 42.5 Å². The minimum atomic E-state index is -3.63.